The van der Waals surface area contributed by atoms with Crippen LogP contribution in [0.1, 0.15) is 34.6 Å². The molecule has 5 nitrogen and oxygen atoms in total. The number of rotatable bonds is 4. The second-order valence-electron chi connectivity index (χ2n) is 4.46. The van der Waals surface area contributed by atoms with Gasteiger partial charge in [-0.2, -0.15) is 0 Å². The van der Waals surface area contributed by atoms with Crippen LogP contribution in [0.15, 0.2) is 22.6 Å². The lowest BCUT2D eigenvalue weighted by molar-refractivity contribution is 0.101. The number of nitrogens with two attached hydrogens (primary N) is 1. The summed E-state index contributed by atoms with van der Waals surface area (Å²) in [5.41, 5.74) is 8.55. The molecule has 1 aromatic carbocycles. The van der Waals surface area contributed by atoms with Gasteiger partial charge in [0, 0.05) is 16.9 Å². The first-order chi connectivity index (χ1) is 8.97. The van der Waals surface area contributed by atoms with Crippen LogP contribution in [-0.4, -0.2) is 10.8 Å². The van der Waals surface area contributed by atoms with Crippen molar-refractivity contribution in [2.75, 3.05) is 11.1 Å². The summed E-state index contributed by atoms with van der Waals surface area (Å²) in [5.74, 6) is 1.41. The minimum absolute atomic E-state index is 0.0389. The Bertz CT molecular complexity index is 598. The number of benzene rings is 1. The first-order valence-electron chi connectivity index (χ1n) is 6.04. The average Bonchev–Trinajstić information content (AvgIpc) is 2.66. The second-order valence-corrected chi connectivity index (χ2v) is 4.46. The van der Waals surface area contributed by atoms with Crippen LogP contribution >= 0.6 is 0 Å². The molecule has 0 amide bonds. The van der Waals surface area contributed by atoms with E-state index < -0.39 is 0 Å². The largest absolute Gasteiger partial charge is 0.444 e. The molecule has 1 heterocycles. The van der Waals surface area contributed by atoms with Crippen molar-refractivity contribution in [1.82, 2.24) is 4.98 Å². The van der Waals surface area contributed by atoms with E-state index in [0.717, 1.165) is 17.1 Å². The fourth-order valence-corrected chi connectivity index (χ4v) is 1.79. The summed E-state index contributed by atoms with van der Waals surface area (Å²) < 4.78 is 5.47. The number of ketones is 1. The number of nitrogens with zero attached hydrogens (tertiary/aromatic N) is 1. The Hall–Kier alpha value is -2.30. The molecule has 0 aliphatic heterocycles. The van der Waals surface area contributed by atoms with Crippen LogP contribution in [0, 0.1) is 13.8 Å². The predicted molar refractivity (Wildman–Crippen MR) is 74.2 cm³/mol. The van der Waals surface area contributed by atoms with Gasteiger partial charge < -0.3 is 15.5 Å². The summed E-state index contributed by atoms with van der Waals surface area (Å²) in [4.78, 5) is 15.6. The molecule has 0 spiro atoms. The average molecular weight is 259 g/mol. The van der Waals surface area contributed by atoms with Gasteiger partial charge >= 0.3 is 0 Å². The van der Waals surface area contributed by atoms with E-state index in [1.165, 1.54) is 6.92 Å². The van der Waals surface area contributed by atoms with Gasteiger partial charge in [0.2, 0.25) is 5.89 Å². The molecule has 0 saturated carbocycles. The van der Waals surface area contributed by atoms with Crippen molar-refractivity contribution < 1.29 is 9.21 Å². The third kappa shape index (κ3) is 2.93. The van der Waals surface area contributed by atoms with Gasteiger partial charge in [-0.15, -0.1) is 0 Å². The van der Waals surface area contributed by atoms with Crippen molar-refractivity contribution in [2.45, 2.75) is 27.3 Å². The summed E-state index contributed by atoms with van der Waals surface area (Å²) in [6.07, 6.45) is 0. The molecule has 3 N–H and O–H groups in total. The summed E-state index contributed by atoms with van der Waals surface area (Å²) in [7, 11) is 0. The number of oxazole rings is 1. The van der Waals surface area contributed by atoms with Crippen LogP contribution < -0.4 is 11.1 Å². The Morgan fingerprint density at radius 2 is 2.16 bits per heavy atom. The fraction of sp³-hybridized carbons (Fsp3) is 0.286. The summed E-state index contributed by atoms with van der Waals surface area (Å²) >= 11 is 0. The topological polar surface area (TPSA) is 81.2 Å². The van der Waals surface area contributed by atoms with Crippen molar-refractivity contribution in [1.29, 1.82) is 0 Å². The van der Waals surface area contributed by atoms with E-state index in [-0.39, 0.29) is 5.78 Å². The van der Waals surface area contributed by atoms with Gasteiger partial charge in [0.1, 0.15) is 5.76 Å². The molecule has 2 rings (SSSR count). The first-order valence-corrected chi connectivity index (χ1v) is 6.04. The zero-order chi connectivity index (χ0) is 14.0. The Kier molecular flexibility index (Phi) is 3.55. The zero-order valence-corrected chi connectivity index (χ0v) is 11.3. The number of nitrogen functional groups attached to an aromatic ring is 1. The lowest BCUT2D eigenvalue weighted by atomic mass is 10.1. The number of hydrogen-bond donors (Lipinski definition) is 2. The Labute approximate surface area is 111 Å². The summed E-state index contributed by atoms with van der Waals surface area (Å²) in [5, 5.41) is 3.16. The lowest BCUT2D eigenvalue weighted by Gasteiger charge is -2.07. The fourth-order valence-electron chi connectivity index (χ4n) is 1.79. The van der Waals surface area contributed by atoms with Gasteiger partial charge in [-0.05, 0) is 39.0 Å². The minimum atomic E-state index is -0.0389. The highest BCUT2D eigenvalue weighted by atomic mass is 16.4. The number of anilines is 2. The molecule has 0 aliphatic rings. The number of nitrogens with one attached hydrogen (secondary N) is 1. The third-order valence-corrected chi connectivity index (χ3v) is 2.95. The number of carbonyl (C=O) groups is 1. The molecular formula is C14H17N3O2. The summed E-state index contributed by atoms with van der Waals surface area (Å²) in [6.45, 7) is 5.76. The molecule has 0 bridgehead atoms. The number of aryl methyl sites for hydroxylation is 2. The van der Waals surface area contributed by atoms with Crippen molar-refractivity contribution in [2.24, 2.45) is 0 Å². The van der Waals surface area contributed by atoms with E-state index in [2.05, 4.69) is 10.3 Å². The van der Waals surface area contributed by atoms with Crippen LogP contribution in [0.2, 0.25) is 0 Å². The zero-order valence-electron chi connectivity index (χ0n) is 11.3. The lowest BCUT2D eigenvalue weighted by Crippen LogP contribution is -2.03. The molecule has 0 unspecified atom stereocenters. The van der Waals surface area contributed by atoms with Gasteiger partial charge in [-0.3, -0.25) is 4.79 Å². The molecule has 0 atom stereocenters. The second kappa shape index (κ2) is 5.14. The number of carbonyl (C=O) groups excluding carboxylic acids is 1. The van der Waals surface area contributed by atoms with E-state index in [1.54, 1.807) is 12.1 Å². The highest BCUT2D eigenvalue weighted by Gasteiger charge is 2.07. The minimum Gasteiger partial charge on any atom is -0.444 e. The van der Waals surface area contributed by atoms with Crippen molar-refractivity contribution in [3.63, 3.8) is 0 Å². The maximum atomic E-state index is 11.3. The monoisotopic (exact) mass is 259 g/mol. The number of aromatic nitrogens is 1. The van der Waals surface area contributed by atoms with Gasteiger partial charge in [0.05, 0.1) is 12.2 Å². The maximum Gasteiger partial charge on any atom is 0.213 e. The Morgan fingerprint density at radius 3 is 2.68 bits per heavy atom. The van der Waals surface area contributed by atoms with Crippen molar-refractivity contribution in [3.05, 3.63) is 41.1 Å². The SMILES string of the molecule is CC(=O)c1ccc(NCc2nc(C)c(C)o2)cc1N. The number of Topliss-reactive ketones (excluding diaryl/α,β-unsaturated/α-hetero) is 1. The molecule has 0 radical (unpaired) electrons. The Morgan fingerprint density at radius 1 is 1.42 bits per heavy atom. The number of hydrogen-bond acceptors (Lipinski definition) is 5. The van der Waals surface area contributed by atoms with E-state index in [9.17, 15) is 4.79 Å². The molecule has 0 saturated heterocycles. The van der Waals surface area contributed by atoms with Crippen LogP contribution in [0.25, 0.3) is 0 Å². The van der Waals surface area contributed by atoms with Crippen molar-refractivity contribution in [3.8, 4) is 0 Å². The van der Waals surface area contributed by atoms with Crippen LogP contribution in [0.5, 0.6) is 0 Å². The molecular weight excluding hydrogens is 242 g/mol. The third-order valence-electron chi connectivity index (χ3n) is 2.95. The molecule has 19 heavy (non-hydrogen) atoms. The van der Waals surface area contributed by atoms with Gasteiger partial charge in [-0.25, -0.2) is 4.98 Å². The van der Waals surface area contributed by atoms with Crippen molar-refractivity contribution >= 4 is 17.2 Å². The normalized spacial score (nSPS) is 10.5. The molecule has 0 aliphatic carbocycles. The maximum absolute atomic E-state index is 11.3. The van der Waals surface area contributed by atoms with E-state index in [1.807, 2.05) is 19.9 Å². The highest BCUT2D eigenvalue weighted by Crippen LogP contribution is 2.19. The first kappa shape index (κ1) is 13.1. The van der Waals surface area contributed by atoms with Gasteiger partial charge in [0.15, 0.2) is 5.78 Å². The summed E-state index contributed by atoms with van der Waals surface area (Å²) in [6, 6.07) is 5.27. The van der Waals surface area contributed by atoms with Gasteiger partial charge in [0.25, 0.3) is 0 Å². The van der Waals surface area contributed by atoms with E-state index in [0.29, 0.717) is 23.7 Å². The van der Waals surface area contributed by atoms with E-state index in [4.69, 9.17) is 10.2 Å². The van der Waals surface area contributed by atoms with Crippen LogP contribution in [0.3, 0.4) is 0 Å². The molecule has 5 heteroatoms. The Balaban J connectivity index is 2.08. The molecule has 0 fully saturated rings. The highest BCUT2D eigenvalue weighted by molar-refractivity contribution is 5.99. The van der Waals surface area contributed by atoms with E-state index >= 15 is 0 Å². The molecule has 2 aromatic rings. The standard InChI is InChI=1S/C14H17N3O2/c1-8-10(3)19-14(17-8)7-16-11-4-5-12(9(2)18)13(15)6-11/h4-6,16H,7,15H2,1-3H3. The van der Waals surface area contributed by atoms with Gasteiger partial charge in [-0.1, -0.05) is 0 Å². The quantitative estimate of drug-likeness (QED) is 0.651. The molecule has 100 valence electrons. The predicted octanol–water partition coefficient (Wildman–Crippen LogP) is 2.69. The van der Waals surface area contributed by atoms with Crippen LogP contribution in [0.4, 0.5) is 11.4 Å². The molecule has 1 aromatic heterocycles. The van der Waals surface area contributed by atoms with Crippen LogP contribution in [-0.2, 0) is 6.54 Å². The smallest absolute Gasteiger partial charge is 0.213 e.